The van der Waals surface area contributed by atoms with Crippen molar-refractivity contribution in [1.82, 2.24) is 9.97 Å². The van der Waals surface area contributed by atoms with Crippen LogP contribution in [0, 0.1) is 12.8 Å². The predicted molar refractivity (Wildman–Crippen MR) is 62.4 cm³/mol. The number of rotatable bonds is 5. The quantitative estimate of drug-likeness (QED) is 0.807. The van der Waals surface area contributed by atoms with Crippen molar-refractivity contribution >= 4 is 0 Å². The van der Waals surface area contributed by atoms with Gasteiger partial charge in [-0.25, -0.2) is 9.97 Å². The first-order chi connectivity index (χ1) is 7.17. The molecule has 3 nitrogen and oxygen atoms in total. The number of hydrogen-bond donors (Lipinski definition) is 1. The first-order valence-corrected chi connectivity index (χ1v) is 5.72. The van der Waals surface area contributed by atoms with E-state index >= 15 is 0 Å². The third-order valence-electron chi connectivity index (χ3n) is 2.92. The van der Waals surface area contributed by atoms with E-state index in [0.717, 1.165) is 17.9 Å². The summed E-state index contributed by atoms with van der Waals surface area (Å²) >= 11 is 0. The second-order valence-corrected chi connectivity index (χ2v) is 4.05. The van der Waals surface area contributed by atoms with E-state index in [9.17, 15) is 0 Å². The second-order valence-electron chi connectivity index (χ2n) is 4.05. The van der Waals surface area contributed by atoms with Gasteiger partial charge in [0.2, 0.25) is 0 Å². The summed E-state index contributed by atoms with van der Waals surface area (Å²) in [5, 5.41) is 0. The molecule has 1 heterocycles. The molecular weight excluding hydrogens is 186 g/mol. The van der Waals surface area contributed by atoms with Gasteiger partial charge < -0.3 is 5.73 Å². The third-order valence-corrected chi connectivity index (χ3v) is 2.92. The minimum absolute atomic E-state index is 0.0524. The summed E-state index contributed by atoms with van der Waals surface area (Å²) in [7, 11) is 0. The van der Waals surface area contributed by atoms with Crippen molar-refractivity contribution in [1.29, 1.82) is 0 Å². The Morgan fingerprint density at radius 3 is 2.53 bits per heavy atom. The maximum Gasteiger partial charge on any atom is 0.125 e. The Bertz CT molecular complexity index is 295. The van der Waals surface area contributed by atoms with Crippen LogP contribution in [0.5, 0.6) is 0 Å². The number of hydrogen-bond acceptors (Lipinski definition) is 3. The molecule has 0 bridgehead atoms. The van der Waals surface area contributed by atoms with Crippen molar-refractivity contribution in [3.63, 3.8) is 0 Å². The molecule has 2 N–H and O–H groups in total. The summed E-state index contributed by atoms with van der Waals surface area (Å²) in [5.41, 5.74) is 7.09. The van der Waals surface area contributed by atoms with Crippen LogP contribution in [0.2, 0.25) is 0 Å². The van der Waals surface area contributed by atoms with Gasteiger partial charge >= 0.3 is 0 Å². The molecule has 0 amide bonds. The van der Waals surface area contributed by atoms with Crippen molar-refractivity contribution < 1.29 is 0 Å². The Morgan fingerprint density at radius 1 is 1.33 bits per heavy atom. The fourth-order valence-electron chi connectivity index (χ4n) is 1.78. The van der Waals surface area contributed by atoms with E-state index in [0.29, 0.717) is 5.92 Å². The Kier molecular flexibility index (Phi) is 4.69. The van der Waals surface area contributed by atoms with Gasteiger partial charge in [-0.1, -0.05) is 26.7 Å². The van der Waals surface area contributed by atoms with E-state index in [-0.39, 0.29) is 6.04 Å². The summed E-state index contributed by atoms with van der Waals surface area (Å²) in [6, 6.07) is 1.97. The van der Waals surface area contributed by atoms with Crippen LogP contribution in [-0.2, 0) is 0 Å². The molecule has 0 aliphatic carbocycles. The Labute approximate surface area is 92.1 Å². The van der Waals surface area contributed by atoms with Gasteiger partial charge in [-0.2, -0.15) is 0 Å². The number of aryl methyl sites for hydroxylation is 1. The predicted octanol–water partition coefficient (Wildman–Crippen LogP) is 2.61. The first-order valence-electron chi connectivity index (χ1n) is 5.72. The molecule has 15 heavy (non-hydrogen) atoms. The highest BCUT2D eigenvalue weighted by molar-refractivity contribution is 5.06. The van der Waals surface area contributed by atoms with Gasteiger partial charge in [-0.15, -0.1) is 0 Å². The van der Waals surface area contributed by atoms with E-state index in [1.54, 1.807) is 6.20 Å². The highest BCUT2D eigenvalue weighted by Crippen LogP contribution is 2.21. The van der Waals surface area contributed by atoms with E-state index < -0.39 is 0 Å². The van der Waals surface area contributed by atoms with Gasteiger partial charge in [0.1, 0.15) is 5.82 Å². The molecule has 0 aliphatic heterocycles. The molecule has 0 saturated carbocycles. The van der Waals surface area contributed by atoms with Crippen LogP contribution < -0.4 is 5.73 Å². The lowest BCUT2D eigenvalue weighted by atomic mass is 9.94. The molecule has 1 unspecified atom stereocenters. The molecule has 84 valence electrons. The standard InChI is InChI=1S/C12H21N3/c1-4-10(5-2)8-11(13)12-6-7-14-9(3)15-12/h6-7,10-11H,4-5,8,13H2,1-3H3. The maximum atomic E-state index is 6.13. The van der Waals surface area contributed by atoms with Crippen LogP contribution in [-0.4, -0.2) is 9.97 Å². The van der Waals surface area contributed by atoms with E-state index in [1.807, 2.05) is 13.0 Å². The lowest BCUT2D eigenvalue weighted by Crippen LogP contribution is -2.16. The van der Waals surface area contributed by atoms with E-state index in [4.69, 9.17) is 5.73 Å². The van der Waals surface area contributed by atoms with Gasteiger partial charge in [0.25, 0.3) is 0 Å². The minimum Gasteiger partial charge on any atom is -0.323 e. The second kappa shape index (κ2) is 5.81. The number of nitrogens with two attached hydrogens (primary N) is 1. The topological polar surface area (TPSA) is 51.8 Å². The summed E-state index contributed by atoms with van der Waals surface area (Å²) in [6.07, 6.45) is 5.18. The van der Waals surface area contributed by atoms with Crippen molar-refractivity contribution in [2.75, 3.05) is 0 Å². The SMILES string of the molecule is CCC(CC)CC(N)c1ccnc(C)n1. The van der Waals surface area contributed by atoms with Gasteiger partial charge in [0.15, 0.2) is 0 Å². The first kappa shape index (κ1) is 12.1. The molecule has 0 fully saturated rings. The molecule has 1 aromatic heterocycles. The van der Waals surface area contributed by atoms with E-state index in [2.05, 4.69) is 23.8 Å². The molecule has 0 aromatic carbocycles. The van der Waals surface area contributed by atoms with Crippen molar-refractivity contribution in [3.05, 3.63) is 23.8 Å². The third kappa shape index (κ3) is 3.59. The Balaban J connectivity index is 2.64. The van der Waals surface area contributed by atoms with Crippen LogP contribution in [0.15, 0.2) is 12.3 Å². The van der Waals surface area contributed by atoms with Crippen LogP contribution in [0.1, 0.15) is 50.7 Å². The fourth-order valence-corrected chi connectivity index (χ4v) is 1.78. The molecule has 3 heteroatoms. The zero-order chi connectivity index (χ0) is 11.3. The number of nitrogens with zero attached hydrogens (tertiary/aromatic N) is 2. The molecule has 0 aliphatic rings. The van der Waals surface area contributed by atoms with Crippen molar-refractivity contribution in [2.45, 2.75) is 46.1 Å². The van der Waals surface area contributed by atoms with Crippen LogP contribution in [0.3, 0.4) is 0 Å². The summed E-state index contributed by atoms with van der Waals surface area (Å²) in [6.45, 7) is 6.32. The van der Waals surface area contributed by atoms with Crippen LogP contribution >= 0.6 is 0 Å². The number of aromatic nitrogens is 2. The molecular formula is C12H21N3. The molecule has 1 atom stereocenters. The Hall–Kier alpha value is -0.960. The van der Waals surface area contributed by atoms with Gasteiger partial charge in [0, 0.05) is 12.2 Å². The van der Waals surface area contributed by atoms with E-state index in [1.165, 1.54) is 12.8 Å². The molecule has 1 aromatic rings. The molecule has 0 spiro atoms. The minimum atomic E-state index is 0.0524. The Morgan fingerprint density at radius 2 is 2.00 bits per heavy atom. The zero-order valence-electron chi connectivity index (χ0n) is 9.90. The summed E-state index contributed by atoms with van der Waals surface area (Å²) in [5.74, 6) is 1.50. The normalized spacial score (nSPS) is 13.1. The van der Waals surface area contributed by atoms with Gasteiger partial charge in [-0.3, -0.25) is 0 Å². The molecule has 1 rings (SSSR count). The fraction of sp³-hybridized carbons (Fsp3) is 0.667. The zero-order valence-corrected chi connectivity index (χ0v) is 9.90. The lowest BCUT2D eigenvalue weighted by molar-refractivity contribution is 0.410. The maximum absolute atomic E-state index is 6.13. The smallest absolute Gasteiger partial charge is 0.125 e. The van der Waals surface area contributed by atoms with Gasteiger partial charge in [0.05, 0.1) is 5.69 Å². The van der Waals surface area contributed by atoms with Crippen LogP contribution in [0.25, 0.3) is 0 Å². The molecule has 0 saturated heterocycles. The summed E-state index contributed by atoms with van der Waals surface area (Å²) < 4.78 is 0. The summed E-state index contributed by atoms with van der Waals surface area (Å²) in [4.78, 5) is 8.43. The highest BCUT2D eigenvalue weighted by atomic mass is 14.9. The average molecular weight is 207 g/mol. The van der Waals surface area contributed by atoms with Crippen LogP contribution in [0.4, 0.5) is 0 Å². The lowest BCUT2D eigenvalue weighted by Gasteiger charge is -2.17. The highest BCUT2D eigenvalue weighted by Gasteiger charge is 2.13. The average Bonchev–Trinajstić information content (AvgIpc) is 2.25. The molecule has 0 radical (unpaired) electrons. The van der Waals surface area contributed by atoms with Crippen molar-refractivity contribution in [2.24, 2.45) is 11.7 Å². The largest absolute Gasteiger partial charge is 0.323 e. The van der Waals surface area contributed by atoms with Gasteiger partial charge in [-0.05, 0) is 25.3 Å². The van der Waals surface area contributed by atoms with Crippen molar-refractivity contribution in [3.8, 4) is 0 Å². The monoisotopic (exact) mass is 207 g/mol.